The number of hydrogen-bond acceptors (Lipinski definition) is 3. The van der Waals surface area contributed by atoms with Crippen LogP contribution in [-0.2, 0) is 11.3 Å². The number of ether oxygens (including phenoxy) is 1. The first kappa shape index (κ1) is 15.2. The smallest absolute Gasteiger partial charge is 0.220 e. The summed E-state index contributed by atoms with van der Waals surface area (Å²) in [6, 6.07) is 8.40. The number of aromatic nitrogens is 2. The molecule has 1 unspecified atom stereocenters. The van der Waals surface area contributed by atoms with E-state index >= 15 is 0 Å². The van der Waals surface area contributed by atoms with Gasteiger partial charge in [-0.25, -0.2) is 4.98 Å². The molecule has 1 atom stereocenters. The van der Waals surface area contributed by atoms with Crippen LogP contribution in [0, 0.1) is 0 Å². The lowest BCUT2D eigenvalue weighted by atomic mass is 10.2. The van der Waals surface area contributed by atoms with E-state index in [0.29, 0.717) is 12.5 Å². The number of imidazole rings is 1. The SMILES string of the molecule is O=C1CCC(Cn2ccnc2-c2ccc(OC3CCCC3)cc2)N1. The molecule has 2 heterocycles. The molecule has 5 heteroatoms. The van der Waals surface area contributed by atoms with Crippen molar-refractivity contribution < 1.29 is 9.53 Å². The Kier molecular flexibility index (Phi) is 4.24. The highest BCUT2D eigenvalue weighted by Crippen LogP contribution is 2.26. The molecular formula is C19H23N3O2. The van der Waals surface area contributed by atoms with Crippen LogP contribution in [0.3, 0.4) is 0 Å². The predicted molar refractivity (Wildman–Crippen MR) is 91.7 cm³/mol. The second-order valence-corrected chi connectivity index (χ2v) is 6.76. The van der Waals surface area contributed by atoms with E-state index in [1.54, 1.807) is 0 Å². The standard InChI is InChI=1S/C19H23N3O2/c23-18-10-7-15(21-18)13-22-12-11-20-19(22)14-5-8-17(9-6-14)24-16-3-1-2-4-16/h5-6,8-9,11-12,15-16H,1-4,7,10,13H2,(H,21,23). The molecule has 0 spiro atoms. The molecule has 1 aromatic heterocycles. The molecule has 1 amide bonds. The van der Waals surface area contributed by atoms with Gasteiger partial charge in [-0.05, 0) is 56.4 Å². The molecule has 1 aliphatic heterocycles. The van der Waals surface area contributed by atoms with Crippen molar-refractivity contribution in [1.29, 1.82) is 0 Å². The van der Waals surface area contributed by atoms with Gasteiger partial charge >= 0.3 is 0 Å². The summed E-state index contributed by atoms with van der Waals surface area (Å²) < 4.78 is 8.14. The van der Waals surface area contributed by atoms with Crippen molar-refractivity contribution in [2.45, 2.75) is 57.2 Å². The summed E-state index contributed by atoms with van der Waals surface area (Å²) in [6.07, 6.45) is 10.6. The fourth-order valence-electron chi connectivity index (χ4n) is 3.65. The van der Waals surface area contributed by atoms with Gasteiger partial charge in [-0.3, -0.25) is 4.79 Å². The zero-order chi connectivity index (χ0) is 16.4. The highest BCUT2D eigenvalue weighted by molar-refractivity contribution is 5.78. The number of nitrogens with zero attached hydrogens (tertiary/aromatic N) is 2. The molecule has 5 nitrogen and oxygen atoms in total. The first-order valence-electron chi connectivity index (χ1n) is 8.85. The van der Waals surface area contributed by atoms with Crippen molar-refractivity contribution in [2.75, 3.05) is 0 Å². The minimum atomic E-state index is 0.148. The largest absolute Gasteiger partial charge is 0.490 e. The van der Waals surface area contributed by atoms with Gasteiger partial charge in [-0.15, -0.1) is 0 Å². The van der Waals surface area contributed by atoms with Crippen molar-refractivity contribution in [3.05, 3.63) is 36.7 Å². The number of hydrogen-bond donors (Lipinski definition) is 1. The summed E-state index contributed by atoms with van der Waals surface area (Å²) in [7, 11) is 0. The number of carbonyl (C=O) groups excluding carboxylic acids is 1. The topological polar surface area (TPSA) is 56.2 Å². The Hall–Kier alpha value is -2.30. The summed E-state index contributed by atoms with van der Waals surface area (Å²) in [5, 5.41) is 3.01. The predicted octanol–water partition coefficient (Wildman–Crippen LogP) is 3.15. The third kappa shape index (κ3) is 3.30. The third-order valence-corrected chi connectivity index (χ3v) is 4.94. The number of benzene rings is 1. The van der Waals surface area contributed by atoms with Crippen LogP contribution in [0.4, 0.5) is 0 Å². The first-order chi connectivity index (χ1) is 11.8. The van der Waals surface area contributed by atoms with Gasteiger partial charge < -0.3 is 14.6 Å². The zero-order valence-electron chi connectivity index (χ0n) is 13.8. The highest BCUT2D eigenvalue weighted by atomic mass is 16.5. The fourth-order valence-corrected chi connectivity index (χ4v) is 3.65. The van der Waals surface area contributed by atoms with Crippen LogP contribution in [0.2, 0.25) is 0 Å². The Morgan fingerprint density at radius 3 is 2.67 bits per heavy atom. The molecule has 4 rings (SSSR count). The Morgan fingerprint density at radius 2 is 1.96 bits per heavy atom. The maximum absolute atomic E-state index is 11.4. The second-order valence-electron chi connectivity index (χ2n) is 6.76. The van der Waals surface area contributed by atoms with Gasteiger partial charge in [0.2, 0.25) is 5.91 Å². The molecule has 0 radical (unpaired) electrons. The molecular weight excluding hydrogens is 302 g/mol. The lowest BCUT2D eigenvalue weighted by Crippen LogP contribution is -2.29. The van der Waals surface area contributed by atoms with E-state index < -0.39 is 0 Å². The van der Waals surface area contributed by atoms with Gasteiger partial charge in [-0.2, -0.15) is 0 Å². The van der Waals surface area contributed by atoms with Gasteiger partial charge in [0.15, 0.2) is 0 Å². The van der Waals surface area contributed by atoms with Crippen LogP contribution in [0.1, 0.15) is 38.5 Å². The summed E-state index contributed by atoms with van der Waals surface area (Å²) in [6.45, 7) is 0.765. The minimum absolute atomic E-state index is 0.148. The van der Waals surface area contributed by atoms with Crippen molar-refractivity contribution in [2.24, 2.45) is 0 Å². The third-order valence-electron chi connectivity index (χ3n) is 4.94. The Labute approximate surface area is 142 Å². The van der Waals surface area contributed by atoms with Crippen LogP contribution >= 0.6 is 0 Å². The van der Waals surface area contributed by atoms with Crippen molar-refractivity contribution in [1.82, 2.24) is 14.9 Å². The summed E-state index contributed by atoms with van der Waals surface area (Å²) >= 11 is 0. The van der Waals surface area contributed by atoms with Crippen LogP contribution in [-0.4, -0.2) is 27.6 Å². The van der Waals surface area contributed by atoms with Crippen LogP contribution in [0.25, 0.3) is 11.4 Å². The molecule has 126 valence electrons. The van der Waals surface area contributed by atoms with Crippen LogP contribution in [0.15, 0.2) is 36.7 Å². The summed E-state index contributed by atoms with van der Waals surface area (Å²) in [4.78, 5) is 15.9. The average molecular weight is 325 g/mol. The van der Waals surface area contributed by atoms with Gasteiger partial charge in [-0.1, -0.05) is 0 Å². The van der Waals surface area contributed by atoms with Crippen LogP contribution in [0.5, 0.6) is 5.75 Å². The van der Waals surface area contributed by atoms with E-state index in [2.05, 4.69) is 27.0 Å². The van der Waals surface area contributed by atoms with Gasteiger partial charge in [0.05, 0.1) is 6.10 Å². The zero-order valence-corrected chi connectivity index (χ0v) is 13.8. The quantitative estimate of drug-likeness (QED) is 0.919. The molecule has 24 heavy (non-hydrogen) atoms. The molecule has 1 saturated heterocycles. The van der Waals surface area contributed by atoms with Crippen molar-refractivity contribution >= 4 is 5.91 Å². The molecule has 0 bridgehead atoms. The van der Waals surface area contributed by atoms with Crippen molar-refractivity contribution in [3.8, 4) is 17.1 Å². The number of carbonyl (C=O) groups is 1. The first-order valence-corrected chi connectivity index (χ1v) is 8.85. The van der Waals surface area contributed by atoms with E-state index in [4.69, 9.17) is 4.74 Å². The van der Waals surface area contributed by atoms with Gasteiger partial charge in [0.1, 0.15) is 11.6 Å². The lowest BCUT2D eigenvalue weighted by molar-refractivity contribution is -0.119. The summed E-state index contributed by atoms with van der Waals surface area (Å²) in [5.74, 6) is 2.02. The van der Waals surface area contributed by atoms with E-state index in [1.807, 2.05) is 24.5 Å². The normalized spacial score (nSPS) is 21.2. The van der Waals surface area contributed by atoms with E-state index in [1.165, 1.54) is 25.7 Å². The second kappa shape index (κ2) is 6.67. The molecule has 1 aromatic carbocycles. The monoisotopic (exact) mass is 325 g/mol. The van der Waals surface area contributed by atoms with E-state index in [-0.39, 0.29) is 11.9 Å². The molecule has 2 fully saturated rings. The lowest BCUT2D eigenvalue weighted by Gasteiger charge is -2.15. The Morgan fingerprint density at radius 1 is 1.17 bits per heavy atom. The molecule has 2 aromatic rings. The molecule has 1 aliphatic carbocycles. The molecule has 1 N–H and O–H groups in total. The average Bonchev–Trinajstić information content (AvgIpc) is 3.32. The Bertz CT molecular complexity index is 702. The minimum Gasteiger partial charge on any atom is -0.490 e. The fraction of sp³-hybridized carbons (Fsp3) is 0.474. The molecule has 1 saturated carbocycles. The molecule has 2 aliphatic rings. The van der Waals surface area contributed by atoms with Gasteiger partial charge in [0.25, 0.3) is 0 Å². The van der Waals surface area contributed by atoms with Gasteiger partial charge in [0, 0.05) is 37.0 Å². The maximum Gasteiger partial charge on any atom is 0.220 e. The number of rotatable bonds is 5. The highest BCUT2D eigenvalue weighted by Gasteiger charge is 2.22. The Balaban J connectivity index is 1.45. The van der Waals surface area contributed by atoms with Crippen molar-refractivity contribution in [3.63, 3.8) is 0 Å². The van der Waals surface area contributed by atoms with Crippen LogP contribution < -0.4 is 10.1 Å². The maximum atomic E-state index is 11.4. The number of nitrogens with one attached hydrogen (secondary N) is 1. The number of amides is 1. The summed E-state index contributed by atoms with van der Waals surface area (Å²) in [5.41, 5.74) is 1.07. The van der Waals surface area contributed by atoms with E-state index in [0.717, 1.165) is 30.1 Å². The van der Waals surface area contributed by atoms with E-state index in [9.17, 15) is 4.79 Å².